The Labute approximate surface area is 393 Å². The van der Waals surface area contributed by atoms with Crippen molar-refractivity contribution in [3.63, 3.8) is 0 Å². The van der Waals surface area contributed by atoms with Gasteiger partial charge in [0.15, 0.2) is 12.4 Å². The van der Waals surface area contributed by atoms with Crippen LogP contribution in [0.5, 0.6) is 0 Å². The van der Waals surface area contributed by atoms with Gasteiger partial charge in [-0.3, -0.25) is 14.6 Å². The molecule has 2 fully saturated rings. The number of carbonyl (C=O) groups is 4. The summed E-state index contributed by atoms with van der Waals surface area (Å²) in [6.07, 6.45) is 13.0. The summed E-state index contributed by atoms with van der Waals surface area (Å²) in [6.45, 7) is 8.65. The number of benzene rings is 2. The van der Waals surface area contributed by atoms with E-state index in [1.807, 2.05) is 94.8 Å². The number of aliphatic hydroxyl groups is 4. The third-order valence-corrected chi connectivity index (χ3v) is 12.8. The summed E-state index contributed by atoms with van der Waals surface area (Å²) in [5, 5.41) is 44.8. The Morgan fingerprint density at radius 3 is 1.61 bits per heavy atom. The summed E-state index contributed by atoms with van der Waals surface area (Å²) in [6, 6.07) is 17.3. The van der Waals surface area contributed by atoms with Crippen LogP contribution in [0.15, 0.2) is 108 Å². The van der Waals surface area contributed by atoms with Crippen molar-refractivity contribution in [3.05, 3.63) is 120 Å². The molecule has 2 aliphatic rings. The fourth-order valence-electron chi connectivity index (χ4n) is 6.79. The first-order valence-corrected chi connectivity index (χ1v) is 24.1. The van der Waals surface area contributed by atoms with E-state index in [1.165, 1.54) is 27.8 Å². The van der Waals surface area contributed by atoms with Crippen molar-refractivity contribution >= 4 is 81.2 Å². The van der Waals surface area contributed by atoms with Crippen LogP contribution < -0.4 is 25.0 Å². The lowest BCUT2D eigenvalue weighted by Gasteiger charge is -2.18. The molecule has 0 bridgehead atoms. The van der Waals surface area contributed by atoms with Gasteiger partial charge >= 0.3 is 11.9 Å². The van der Waals surface area contributed by atoms with Gasteiger partial charge in [0.2, 0.25) is 12.5 Å². The zero-order valence-corrected chi connectivity index (χ0v) is 38.7. The number of esters is 2. The molecule has 2 aliphatic heterocycles. The highest BCUT2D eigenvalue weighted by atomic mass is 33.1. The van der Waals surface area contributed by atoms with Crippen LogP contribution in [0, 0.1) is 0 Å². The number of nitrogens with one attached hydrogen (secondary N) is 2. The summed E-state index contributed by atoms with van der Waals surface area (Å²) in [7, 11) is 2.47. The van der Waals surface area contributed by atoms with Crippen LogP contribution in [-0.4, -0.2) is 144 Å². The second-order valence-corrected chi connectivity index (χ2v) is 18.0. The van der Waals surface area contributed by atoms with E-state index in [-0.39, 0.29) is 37.8 Å². The average Bonchev–Trinajstić information content (AvgIpc) is 3.84. The maximum absolute atomic E-state index is 13.1. The van der Waals surface area contributed by atoms with E-state index in [0.717, 1.165) is 33.6 Å². The number of hydrogen-bond acceptors (Lipinski definition) is 15. The second-order valence-electron chi connectivity index (χ2n) is 15.4. The summed E-state index contributed by atoms with van der Waals surface area (Å²) in [4.78, 5) is 59.6. The molecule has 3 heterocycles. The Kier molecular flexibility index (Phi) is 20.5. The van der Waals surface area contributed by atoms with E-state index >= 15 is 0 Å². The molecule has 2 saturated heterocycles. The third kappa shape index (κ3) is 16.3. The molecule has 66 heavy (non-hydrogen) atoms. The van der Waals surface area contributed by atoms with E-state index in [9.17, 15) is 39.6 Å². The first kappa shape index (κ1) is 51.2. The number of aromatic nitrogens is 1. The Balaban J connectivity index is 1.05. The van der Waals surface area contributed by atoms with Gasteiger partial charge in [0.25, 0.3) is 5.91 Å². The number of β-amino-alcohol motifs (C(OH)–C–C–N with tert-alkyl or cyclic N) is 4. The van der Waals surface area contributed by atoms with Gasteiger partial charge in [-0.1, -0.05) is 82.8 Å². The minimum atomic E-state index is -0.990. The van der Waals surface area contributed by atoms with E-state index in [4.69, 9.17) is 9.47 Å². The highest BCUT2D eigenvalue weighted by Gasteiger charge is 2.31. The molecule has 6 unspecified atom stereocenters. The first-order valence-electron chi connectivity index (χ1n) is 21.6. The SMILES string of the molecule is C=CC(/C=C/c1ccc(N2CC(O)C(O)C2)cc1)=C\C=NCC(=O)NC(CSSCC(NC(=O)C[n+]1ccc(/C=C/c2ccc(N3CC(O)C(O)C3)cc2)cc1)C(=O)OCC)C(=O)OCC. The molecule has 2 aromatic carbocycles. The number of allylic oxidation sites excluding steroid dienone is 4. The van der Waals surface area contributed by atoms with Crippen molar-refractivity contribution < 1.29 is 53.6 Å². The molecule has 1 aromatic heterocycles. The number of hydrogen-bond donors (Lipinski definition) is 6. The van der Waals surface area contributed by atoms with Crippen molar-refractivity contribution in [3.8, 4) is 0 Å². The van der Waals surface area contributed by atoms with Crippen LogP contribution in [0.2, 0.25) is 0 Å². The normalized spacial score (nSPS) is 19.6. The molecule has 0 spiro atoms. The van der Waals surface area contributed by atoms with Crippen molar-refractivity contribution in [2.75, 3.05) is 67.2 Å². The predicted octanol–water partition coefficient (Wildman–Crippen LogP) is 2.60. The fourth-order valence-corrected chi connectivity index (χ4v) is 9.09. The van der Waals surface area contributed by atoms with E-state index < -0.39 is 60.3 Å². The Morgan fingerprint density at radius 1 is 0.712 bits per heavy atom. The number of aliphatic hydroxyl groups excluding tert-OH is 4. The predicted molar refractivity (Wildman–Crippen MR) is 260 cm³/mol. The van der Waals surface area contributed by atoms with E-state index in [0.29, 0.717) is 26.2 Å². The van der Waals surface area contributed by atoms with Crippen molar-refractivity contribution in [2.24, 2.45) is 4.99 Å². The minimum absolute atomic E-state index is 0.0472. The molecule has 6 N–H and O–H groups in total. The van der Waals surface area contributed by atoms with Crippen LogP contribution in [0.1, 0.15) is 30.5 Å². The zero-order chi connectivity index (χ0) is 47.4. The molecule has 0 radical (unpaired) electrons. The van der Waals surface area contributed by atoms with Crippen molar-refractivity contribution in [1.29, 1.82) is 0 Å². The Morgan fingerprint density at radius 2 is 1.15 bits per heavy atom. The number of rotatable bonds is 23. The van der Waals surface area contributed by atoms with Crippen LogP contribution in [-0.2, 0) is 35.2 Å². The highest BCUT2D eigenvalue weighted by Crippen LogP contribution is 2.25. The fraction of sp³-hybridized carbons (Fsp3) is 0.375. The lowest BCUT2D eigenvalue weighted by atomic mass is 10.1. The number of nitrogens with zero attached hydrogens (tertiary/aromatic N) is 4. The first-order chi connectivity index (χ1) is 31.8. The number of anilines is 2. The van der Waals surface area contributed by atoms with Gasteiger partial charge in [0, 0.05) is 67.4 Å². The number of ether oxygens (including phenoxy) is 2. The average molecular weight is 944 g/mol. The van der Waals surface area contributed by atoms with E-state index in [2.05, 4.69) is 22.2 Å². The van der Waals surface area contributed by atoms with Gasteiger partial charge in [-0.15, -0.1) is 0 Å². The van der Waals surface area contributed by atoms with Gasteiger partial charge in [-0.25, -0.2) is 9.59 Å². The van der Waals surface area contributed by atoms with Crippen LogP contribution >= 0.6 is 21.6 Å². The Hall–Kier alpha value is -5.76. The van der Waals surface area contributed by atoms with Gasteiger partial charge in [-0.2, -0.15) is 4.57 Å². The second kappa shape index (κ2) is 26.4. The summed E-state index contributed by atoms with van der Waals surface area (Å²) >= 11 is 0. The standard InChI is InChI=1S/C48H58N6O10S2/c1-4-33(7-8-34-11-15-37(16-12-34)53-26-41(55)42(56)27-53)19-22-49-25-45(59)50-39(47(61)63-5-2)31-65-66-32-40(48(62)64-6-3)51-46(60)30-52-23-20-36(21-24-52)10-9-35-13-17-38(18-14-35)54-28-43(57)44(58)29-54/h4,7-24,39-44,55-58H,1,5-6,25-32H2,2-3H3,(H-,50,51,59,60)/p+1/b8-7+,33-19+,49-22?. The quantitative estimate of drug-likeness (QED) is 0.0202. The summed E-state index contributed by atoms with van der Waals surface area (Å²) < 4.78 is 12.1. The van der Waals surface area contributed by atoms with Crippen molar-refractivity contribution in [1.82, 2.24) is 10.6 Å². The van der Waals surface area contributed by atoms with Crippen molar-refractivity contribution in [2.45, 2.75) is 56.9 Å². The number of pyridine rings is 1. The lowest BCUT2D eigenvalue weighted by Crippen LogP contribution is -2.49. The Bertz CT molecular complexity index is 2180. The highest BCUT2D eigenvalue weighted by molar-refractivity contribution is 8.76. The van der Waals surface area contributed by atoms with Gasteiger partial charge in [-0.05, 0) is 66.5 Å². The monoisotopic (exact) mass is 943 g/mol. The topological polar surface area (TPSA) is 214 Å². The number of aliphatic imine (C=N–C) groups is 1. The van der Waals surface area contributed by atoms with Gasteiger partial charge < -0.3 is 50.3 Å². The third-order valence-electron chi connectivity index (χ3n) is 10.4. The van der Waals surface area contributed by atoms with Crippen LogP contribution in [0.4, 0.5) is 11.4 Å². The maximum Gasteiger partial charge on any atom is 0.329 e. The molecule has 16 nitrogen and oxygen atoms in total. The molecule has 0 aliphatic carbocycles. The summed E-state index contributed by atoms with van der Waals surface area (Å²) in [5.74, 6) is -1.86. The van der Waals surface area contributed by atoms with Gasteiger partial charge in [0.1, 0.15) is 18.6 Å². The molecule has 5 rings (SSSR count). The maximum atomic E-state index is 13.1. The number of amides is 2. The molecule has 6 atom stereocenters. The van der Waals surface area contributed by atoms with Crippen LogP contribution in [0.3, 0.4) is 0 Å². The van der Waals surface area contributed by atoms with E-state index in [1.54, 1.807) is 43.0 Å². The summed E-state index contributed by atoms with van der Waals surface area (Å²) in [5.41, 5.74) is 5.38. The molecule has 18 heteroatoms. The zero-order valence-electron chi connectivity index (χ0n) is 37.1. The van der Waals surface area contributed by atoms with Gasteiger partial charge in [0.05, 0.1) is 37.6 Å². The lowest BCUT2D eigenvalue weighted by molar-refractivity contribution is -0.684. The molecule has 0 saturated carbocycles. The smallest absolute Gasteiger partial charge is 0.329 e. The molecule has 3 aromatic rings. The number of carbonyl (C=O) groups excluding carboxylic acids is 4. The minimum Gasteiger partial charge on any atom is -0.464 e. The largest absolute Gasteiger partial charge is 0.464 e. The van der Waals surface area contributed by atoms with Crippen LogP contribution in [0.25, 0.3) is 18.2 Å². The molecular formula is C48H59N6O10S2+. The molecular weight excluding hydrogens is 885 g/mol. The molecule has 352 valence electrons. The molecule has 2 amide bonds.